The van der Waals surface area contributed by atoms with Gasteiger partial charge in [-0.05, 0) is 37.3 Å². The lowest BCUT2D eigenvalue weighted by Crippen LogP contribution is -2.21. The molecule has 8 heteroatoms. The quantitative estimate of drug-likeness (QED) is 0.768. The van der Waals surface area contributed by atoms with E-state index in [2.05, 4.69) is 20.8 Å². The summed E-state index contributed by atoms with van der Waals surface area (Å²) < 4.78 is 7.13. The Bertz CT molecular complexity index is 928. The van der Waals surface area contributed by atoms with Crippen LogP contribution in [0.2, 0.25) is 0 Å². The number of ether oxygens (including phenoxy) is 1. The van der Waals surface area contributed by atoms with Crippen molar-refractivity contribution in [1.82, 2.24) is 14.6 Å². The molecule has 120 valence electrons. The summed E-state index contributed by atoms with van der Waals surface area (Å²) >= 11 is 0. The topological polar surface area (TPSA) is 104 Å². The molecule has 0 saturated carbocycles. The molecule has 2 amide bonds. The van der Waals surface area contributed by atoms with Crippen molar-refractivity contribution in [2.45, 2.75) is 6.92 Å². The highest BCUT2D eigenvalue weighted by atomic mass is 16.5. The number of aromatic nitrogens is 3. The number of nitrogens with one attached hydrogen (secondary N) is 2. The zero-order valence-corrected chi connectivity index (χ0v) is 12.9. The molecule has 0 radical (unpaired) electrons. The molecule has 2 heterocycles. The number of carbonyl (C=O) groups excluding carboxylic acids is 1. The lowest BCUT2D eigenvalue weighted by atomic mass is 10.2. The molecular weight excluding hydrogens is 308 g/mol. The minimum absolute atomic E-state index is 0.239. The highest BCUT2D eigenvalue weighted by Crippen LogP contribution is 2.19. The first-order valence-electron chi connectivity index (χ1n) is 7.26. The van der Waals surface area contributed by atoms with E-state index in [1.165, 1.54) is 0 Å². The molecule has 2 aromatic heterocycles. The van der Waals surface area contributed by atoms with Crippen LogP contribution >= 0.6 is 0 Å². The normalized spacial score (nSPS) is 10.2. The fraction of sp³-hybridized carbons (Fsp3) is 0.125. The predicted molar refractivity (Wildman–Crippen MR) is 88.0 cm³/mol. The van der Waals surface area contributed by atoms with Crippen molar-refractivity contribution in [1.29, 1.82) is 5.26 Å². The molecule has 3 rings (SSSR count). The van der Waals surface area contributed by atoms with Crippen LogP contribution in [0.25, 0.3) is 5.65 Å². The molecule has 0 spiro atoms. The van der Waals surface area contributed by atoms with E-state index in [1.54, 1.807) is 46.9 Å². The minimum Gasteiger partial charge on any atom is -0.479 e. The molecule has 24 heavy (non-hydrogen) atoms. The largest absolute Gasteiger partial charge is 0.479 e. The average Bonchev–Trinajstić information content (AvgIpc) is 2.99. The molecule has 8 nitrogen and oxygen atoms in total. The highest BCUT2D eigenvalue weighted by molar-refractivity contribution is 5.99. The van der Waals surface area contributed by atoms with Gasteiger partial charge < -0.3 is 10.1 Å². The van der Waals surface area contributed by atoms with E-state index in [0.717, 1.165) is 0 Å². The molecule has 0 atom stereocenters. The number of pyridine rings is 1. The van der Waals surface area contributed by atoms with Gasteiger partial charge in [0, 0.05) is 5.69 Å². The standard InChI is InChI=1S/C16H14N6O2/c1-2-24-14-8-4-7-13-20-21-15(22(13)14)19-16(23)18-12-6-3-5-11(9-12)10-17/h3-9H,2H2,1H3,(H2,18,19,21,23). The number of hydrogen-bond donors (Lipinski definition) is 2. The predicted octanol–water partition coefficient (Wildman–Crippen LogP) is 2.64. The number of amides is 2. The molecule has 0 aliphatic heterocycles. The summed E-state index contributed by atoms with van der Waals surface area (Å²) in [5, 5.41) is 22.1. The number of fused-ring (bicyclic) bond motifs is 1. The van der Waals surface area contributed by atoms with Crippen LogP contribution in [-0.4, -0.2) is 27.2 Å². The zero-order valence-electron chi connectivity index (χ0n) is 12.9. The van der Waals surface area contributed by atoms with E-state index >= 15 is 0 Å². The monoisotopic (exact) mass is 322 g/mol. The third-order valence-corrected chi connectivity index (χ3v) is 3.16. The molecule has 1 aromatic carbocycles. The van der Waals surface area contributed by atoms with Crippen LogP contribution in [0.1, 0.15) is 12.5 Å². The van der Waals surface area contributed by atoms with E-state index in [0.29, 0.717) is 29.4 Å². The van der Waals surface area contributed by atoms with Crippen LogP contribution in [0.4, 0.5) is 16.4 Å². The van der Waals surface area contributed by atoms with Gasteiger partial charge in [-0.1, -0.05) is 12.1 Å². The molecule has 0 saturated heterocycles. The van der Waals surface area contributed by atoms with Gasteiger partial charge in [0.15, 0.2) is 5.65 Å². The van der Waals surface area contributed by atoms with Crippen LogP contribution in [0.5, 0.6) is 5.88 Å². The summed E-state index contributed by atoms with van der Waals surface area (Å²) in [4.78, 5) is 12.2. The van der Waals surface area contributed by atoms with Crippen molar-refractivity contribution in [3.63, 3.8) is 0 Å². The third kappa shape index (κ3) is 3.10. The van der Waals surface area contributed by atoms with Crippen molar-refractivity contribution in [3.8, 4) is 11.9 Å². The maximum absolute atomic E-state index is 12.2. The fourth-order valence-corrected chi connectivity index (χ4v) is 2.18. The van der Waals surface area contributed by atoms with Gasteiger partial charge in [-0.2, -0.15) is 5.26 Å². The van der Waals surface area contributed by atoms with Gasteiger partial charge >= 0.3 is 6.03 Å². The number of urea groups is 1. The number of hydrogen-bond acceptors (Lipinski definition) is 5. The van der Waals surface area contributed by atoms with E-state index in [1.807, 2.05) is 13.0 Å². The lowest BCUT2D eigenvalue weighted by Gasteiger charge is -2.09. The first kappa shape index (κ1) is 15.3. The molecule has 2 N–H and O–H groups in total. The van der Waals surface area contributed by atoms with Gasteiger partial charge in [0.05, 0.1) is 18.2 Å². The van der Waals surface area contributed by atoms with Gasteiger partial charge in [0.2, 0.25) is 11.8 Å². The molecule has 3 aromatic rings. The van der Waals surface area contributed by atoms with E-state index in [-0.39, 0.29) is 5.95 Å². The Kier molecular flexibility index (Phi) is 4.25. The lowest BCUT2D eigenvalue weighted by molar-refractivity contribution is 0.262. The molecule has 0 aliphatic rings. The molecule has 0 fully saturated rings. The first-order chi connectivity index (χ1) is 11.7. The third-order valence-electron chi connectivity index (χ3n) is 3.16. The Hall–Kier alpha value is -3.60. The highest BCUT2D eigenvalue weighted by Gasteiger charge is 2.13. The Morgan fingerprint density at radius 3 is 2.88 bits per heavy atom. The van der Waals surface area contributed by atoms with Gasteiger partial charge in [-0.15, -0.1) is 10.2 Å². The number of rotatable bonds is 4. The van der Waals surface area contributed by atoms with Crippen molar-refractivity contribution in [3.05, 3.63) is 48.0 Å². The second-order valence-electron chi connectivity index (χ2n) is 4.79. The van der Waals surface area contributed by atoms with Crippen molar-refractivity contribution < 1.29 is 9.53 Å². The zero-order chi connectivity index (χ0) is 16.9. The number of nitriles is 1. The molecule has 0 bridgehead atoms. The van der Waals surface area contributed by atoms with Gasteiger partial charge in [0.25, 0.3) is 0 Å². The van der Waals surface area contributed by atoms with Crippen LogP contribution in [0.3, 0.4) is 0 Å². The Labute approximate surface area is 137 Å². The van der Waals surface area contributed by atoms with Crippen LogP contribution < -0.4 is 15.4 Å². The summed E-state index contributed by atoms with van der Waals surface area (Å²) in [6.07, 6.45) is 0. The smallest absolute Gasteiger partial charge is 0.326 e. The van der Waals surface area contributed by atoms with Crippen LogP contribution in [0.15, 0.2) is 42.5 Å². The van der Waals surface area contributed by atoms with Crippen LogP contribution in [-0.2, 0) is 0 Å². The maximum Gasteiger partial charge on any atom is 0.326 e. The first-order valence-corrected chi connectivity index (χ1v) is 7.26. The van der Waals surface area contributed by atoms with Gasteiger partial charge in [-0.25, -0.2) is 9.20 Å². The summed E-state index contributed by atoms with van der Waals surface area (Å²) in [6.45, 7) is 2.34. The average molecular weight is 322 g/mol. The Balaban J connectivity index is 1.82. The maximum atomic E-state index is 12.2. The van der Waals surface area contributed by atoms with E-state index in [9.17, 15) is 4.79 Å². The van der Waals surface area contributed by atoms with Crippen molar-refractivity contribution >= 4 is 23.3 Å². The number of benzene rings is 1. The number of carbonyl (C=O) groups is 1. The van der Waals surface area contributed by atoms with Crippen LogP contribution in [0, 0.1) is 11.3 Å². The molecule has 0 aliphatic carbocycles. The SMILES string of the molecule is CCOc1cccc2nnc(NC(=O)Nc3cccc(C#N)c3)n12. The fourth-order valence-electron chi connectivity index (χ4n) is 2.18. The number of anilines is 2. The number of nitrogens with zero attached hydrogens (tertiary/aromatic N) is 4. The Morgan fingerprint density at radius 1 is 1.25 bits per heavy atom. The summed E-state index contributed by atoms with van der Waals surface area (Å²) in [7, 11) is 0. The second-order valence-corrected chi connectivity index (χ2v) is 4.79. The van der Waals surface area contributed by atoms with Gasteiger partial charge in [0.1, 0.15) is 0 Å². The summed E-state index contributed by atoms with van der Waals surface area (Å²) in [6, 6.07) is 13.5. The molecular formula is C16H14N6O2. The van der Waals surface area contributed by atoms with E-state index < -0.39 is 6.03 Å². The minimum atomic E-state index is -0.495. The van der Waals surface area contributed by atoms with Crippen molar-refractivity contribution in [2.24, 2.45) is 0 Å². The Morgan fingerprint density at radius 2 is 2.08 bits per heavy atom. The summed E-state index contributed by atoms with van der Waals surface area (Å²) in [5.74, 6) is 0.768. The second kappa shape index (κ2) is 6.66. The van der Waals surface area contributed by atoms with E-state index in [4.69, 9.17) is 10.00 Å². The van der Waals surface area contributed by atoms with Crippen molar-refractivity contribution in [2.75, 3.05) is 17.2 Å². The van der Waals surface area contributed by atoms with Gasteiger partial charge in [-0.3, -0.25) is 5.32 Å². The molecule has 0 unspecified atom stereocenters. The summed E-state index contributed by atoms with van der Waals surface area (Å²) in [5.41, 5.74) is 1.52.